The van der Waals surface area contributed by atoms with Crippen molar-refractivity contribution in [2.75, 3.05) is 5.73 Å². The summed E-state index contributed by atoms with van der Waals surface area (Å²) in [5.74, 6) is 0. The van der Waals surface area contributed by atoms with Crippen LogP contribution in [0.2, 0.25) is 0 Å². The van der Waals surface area contributed by atoms with E-state index in [4.69, 9.17) is 11.5 Å². The maximum Gasteiger partial charge on any atom is 0.0947 e. The summed E-state index contributed by atoms with van der Waals surface area (Å²) in [4.78, 5) is 8.42. The Kier molecular flexibility index (Phi) is 3.17. The Morgan fingerprint density at radius 1 is 1.50 bits per heavy atom. The summed E-state index contributed by atoms with van der Waals surface area (Å²) in [5.41, 5.74) is 14.5. The van der Waals surface area contributed by atoms with E-state index in [1.54, 1.807) is 29.8 Å². The quantitative estimate of drug-likeness (QED) is 0.846. The molecule has 16 heavy (non-hydrogen) atoms. The zero-order valence-electron chi connectivity index (χ0n) is 9.05. The molecule has 0 fully saturated rings. The Labute approximate surface area is 98.3 Å². The van der Waals surface area contributed by atoms with E-state index in [0.717, 1.165) is 16.3 Å². The normalized spacial score (nSPS) is 12.6. The molecule has 0 bridgehead atoms. The van der Waals surface area contributed by atoms with E-state index in [9.17, 15) is 0 Å². The Morgan fingerprint density at radius 3 is 2.94 bits per heavy atom. The average molecular weight is 234 g/mol. The lowest BCUT2D eigenvalue weighted by Gasteiger charge is -2.11. The molecule has 4 N–H and O–H groups in total. The topological polar surface area (TPSA) is 77.8 Å². The van der Waals surface area contributed by atoms with E-state index in [0.29, 0.717) is 12.1 Å². The third kappa shape index (κ3) is 2.37. The third-order valence-electron chi connectivity index (χ3n) is 2.35. The van der Waals surface area contributed by atoms with Gasteiger partial charge in [-0.05, 0) is 13.0 Å². The lowest BCUT2D eigenvalue weighted by molar-refractivity contribution is 0.715. The van der Waals surface area contributed by atoms with Gasteiger partial charge in [0, 0.05) is 47.2 Å². The smallest absolute Gasteiger partial charge is 0.0947 e. The maximum atomic E-state index is 6.08. The molecule has 0 amide bonds. The molecule has 2 aromatic heterocycles. The molecule has 0 aliphatic rings. The first-order valence-electron chi connectivity index (χ1n) is 5.03. The molecule has 84 valence electrons. The highest BCUT2D eigenvalue weighted by molar-refractivity contribution is 7.09. The van der Waals surface area contributed by atoms with Crippen molar-refractivity contribution < 1.29 is 0 Å². The minimum Gasteiger partial charge on any atom is -0.398 e. The van der Waals surface area contributed by atoms with Crippen LogP contribution in [0.4, 0.5) is 5.69 Å². The van der Waals surface area contributed by atoms with E-state index in [-0.39, 0.29) is 6.04 Å². The number of hydrogen-bond acceptors (Lipinski definition) is 5. The molecule has 4 nitrogen and oxygen atoms in total. The molecule has 2 rings (SSSR count). The van der Waals surface area contributed by atoms with Crippen molar-refractivity contribution in [3.63, 3.8) is 0 Å². The van der Waals surface area contributed by atoms with Crippen LogP contribution in [-0.2, 0) is 6.42 Å². The van der Waals surface area contributed by atoms with Gasteiger partial charge in [-0.1, -0.05) is 0 Å². The van der Waals surface area contributed by atoms with Gasteiger partial charge in [-0.25, -0.2) is 4.98 Å². The van der Waals surface area contributed by atoms with Crippen molar-refractivity contribution in [3.8, 4) is 0 Å². The number of hydrogen-bond donors (Lipinski definition) is 2. The number of anilines is 1. The van der Waals surface area contributed by atoms with Crippen molar-refractivity contribution in [1.82, 2.24) is 9.97 Å². The zero-order valence-corrected chi connectivity index (χ0v) is 9.87. The molecule has 2 heterocycles. The number of nitrogens with zero attached hydrogens (tertiary/aromatic N) is 2. The van der Waals surface area contributed by atoms with Crippen molar-refractivity contribution in [3.05, 3.63) is 40.1 Å². The van der Waals surface area contributed by atoms with Crippen LogP contribution < -0.4 is 11.5 Å². The second-order valence-corrected chi connectivity index (χ2v) is 4.64. The third-order valence-corrected chi connectivity index (χ3v) is 3.34. The molecule has 1 unspecified atom stereocenters. The summed E-state index contributed by atoms with van der Waals surface area (Å²) in [5, 5.41) is 3.06. The first-order chi connectivity index (χ1) is 7.66. The molecule has 2 aromatic rings. The second kappa shape index (κ2) is 4.59. The summed E-state index contributed by atoms with van der Waals surface area (Å²) < 4.78 is 0. The summed E-state index contributed by atoms with van der Waals surface area (Å²) >= 11 is 1.63. The van der Waals surface area contributed by atoms with Crippen LogP contribution in [0.1, 0.15) is 22.3 Å². The van der Waals surface area contributed by atoms with Gasteiger partial charge in [-0.15, -0.1) is 11.3 Å². The fourth-order valence-corrected chi connectivity index (χ4v) is 2.35. The minimum absolute atomic E-state index is 0.140. The van der Waals surface area contributed by atoms with E-state index < -0.39 is 0 Å². The number of rotatable bonds is 3. The first-order valence-corrected chi connectivity index (χ1v) is 5.90. The predicted octanol–water partition coefficient (Wildman–Crippen LogP) is 1.67. The van der Waals surface area contributed by atoms with Crippen LogP contribution in [0.25, 0.3) is 0 Å². The number of nitrogens with two attached hydrogens (primary N) is 2. The molecule has 0 aromatic carbocycles. The average Bonchev–Trinajstić information content (AvgIpc) is 2.64. The lowest BCUT2D eigenvalue weighted by Crippen LogP contribution is -2.15. The van der Waals surface area contributed by atoms with E-state index in [2.05, 4.69) is 9.97 Å². The van der Waals surface area contributed by atoms with Crippen LogP contribution >= 0.6 is 11.3 Å². The van der Waals surface area contributed by atoms with Gasteiger partial charge in [-0.2, -0.15) is 0 Å². The van der Waals surface area contributed by atoms with Crippen molar-refractivity contribution >= 4 is 17.0 Å². The van der Waals surface area contributed by atoms with Crippen LogP contribution in [0.15, 0.2) is 23.8 Å². The highest BCUT2D eigenvalue weighted by Crippen LogP contribution is 2.22. The second-order valence-electron chi connectivity index (χ2n) is 3.70. The molecule has 5 heteroatoms. The Bertz CT molecular complexity index is 480. The van der Waals surface area contributed by atoms with Crippen molar-refractivity contribution in [1.29, 1.82) is 0 Å². The van der Waals surface area contributed by atoms with Gasteiger partial charge in [0.05, 0.1) is 5.01 Å². The molecular formula is C11H14N4S. The number of thiazole rings is 1. The SMILES string of the molecule is Cc1csc(CC(N)c2cnccc2N)n1. The number of nitrogen functional groups attached to an aromatic ring is 1. The van der Waals surface area contributed by atoms with Crippen LogP contribution in [0.3, 0.4) is 0 Å². The monoisotopic (exact) mass is 234 g/mol. The summed E-state index contributed by atoms with van der Waals surface area (Å²) in [7, 11) is 0. The number of aryl methyl sites for hydroxylation is 1. The molecule has 0 saturated carbocycles. The Hall–Kier alpha value is -1.46. The molecule has 0 saturated heterocycles. The fraction of sp³-hybridized carbons (Fsp3) is 0.273. The van der Waals surface area contributed by atoms with Crippen LogP contribution in [-0.4, -0.2) is 9.97 Å². The van der Waals surface area contributed by atoms with E-state index in [1.807, 2.05) is 12.3 Å². The van der Waals surface area contributed by atoms with Gasteiger partial charge in [0.25, 0.3) is 0 Å². The molecule has 0 radical (unpaired) electrons. The van der Waals surface area contributed by atoms with Gasteiger partial charge in [0.2, 0.25) is 0 Å². The Balaban J connectivity index is 2.14. The molecule has 0 spiro atoms. The van der Waals surface area contributed by atoms with Gasteiger partial charge in [0.15, 0.2) is 0 Å². The zero-order chi connectivity index (χ0) is 11.5. The van der Waals surface area contributed by atoms with Gasteiger partial charge >= 0.3 is 0 Å². The highest BCUT2D eigenvalue weighted by Gasteiger charge is 2.12. The lowest BCUT2D eigenvalue weighted by atomic mass is 10.1. The van der Waals surface area contributed by atoms with E-state index >= 15 is 0 Å². The maximum absolute atomic E-state index is 6.08. The predicted molar refractivity (Wildman–Crippen MR) is 66.1 cm³/mol. The highest BCUT2D eigenvalue weighted by atomic mass is 32.1. The van der Waals surface area contributed by atoms with Gasteiger partial charge in [0.1, 0.15) is 0 Å². The summed E-state index contributed by atoms with van der Waals surface area (Å²) in [6.45, 7) is 1.98. The molecule has 1 atom stereocenters. The standard InChI is InChI=1S/C11H14N4S/c1-7-6-16-11(15-7)4-10(13)8-5-14-3-2-9(8)12/h2-3,5-6,10H,4,13H2,1H3,(H2,12,14). The summed E-state index contributed by atoms with van der Waals surface area (Å²) in [6, 6.07) is 1.63. The summed E-state index contributed by atoms with van der Waals surface area (Å²) in [6.07, 6.45) is 4.09. The number of aromatic nitrogens is 2. The Morgan fingerprint density at radius 2 is 2.31 bits per heavy atom. The van der Waals surface area contributed by atoms with Crippen molar-refractivity contribution in [2.45, 2.75) is 19.4 Å². The van der Waals surface area contributed by atoms with Gasteiger partial charge in [-0.3, -0.25) is 4.98 Å². The van der Waals surface area contributed by atoms with Crippen molar-refractivity contribution in [2.24, 2.45) is 5.73 Å². The van der Waals surface area contributed by atoms with E-state index in [1.165, 1.54) is 0 Å². The number of pyridine rings is 1. The minimum atomic E-state index is -0.140. The van der Waals surface area contributed by atoms with Crippen LogP contribution in [0.5, 0.6) is 0 Å². The fourth-order valence-electron chi connectivity index (χ4n) is 1.52. The van der Waals surface area contributed by atoms with Gasteiger partial charge < -0.3 is 11.5 Å². The van der Waals surface area contributed by atoms with Crippen LogP contribution in [0, 0.1) is 6.92 Å². The molecule has 0 aliphatic carbocycles. The first kappa shape index (κ1) is 11.0. The molecule has 0 aliphatic heterocycles. The molecular weight excluding hydrogens is 220 g/mol. The largest absolute Gasteiger partial charge is 0.398 e.